The lowest BCUT2D eigenvalue weighted by Crippen LogP contribution is -2.23. The quantitative estimate of drug-likeness (QED) is 0.561. The highest BCUT2D eigenvalue weighted by Crippen LogP contribution is 2.21. The van der Waals surface area contributed by atoms with Crippen molar-refractivity contribution >= 4 is 21.6 Å². The molecule has 2 aromatic carbocycles. The van der Waals surface area contributed by atoms with Gasteiger partial charge in [-0.1, -0.05) is 18.2 Å². The second-order valence-corrected chi connectivity index (χ2v) is 7.98. The number of carbonyl (C=O) groups is 1. The van der Waals surface area contributed by atoms with E-state index in [-0.39, 0.29) is 27.5 Å². The summed E-state index contributed by atoms with van der Waals surface area (Å²) >= 11 is 0. The Morgan fingerprint density at radius 3 is 2.46 bits per heavy atom. The number of benzene rings is 2. The summed E-state index contributed by atoms with van der Waals surface area (Å²) in [5.74, 6) is -0.727. The van der Waals surface area contributed by atoms with Gasteiger partial charge in [0, 0.05) is 25.2 Å². The van der Waals surface area contributed by atoms with Crippen LogP contribution in [-0.4, -0.2) is 45.0 Å². The van der Waals surface area contributed by atoms with E-state index in [9.17, 15) is 22.0 Å². The molecule has 1 amide bonds. The first kappa shape index (κ1) is 21.5. The Morgan fingerprint density at radius 2 is 1.82 bits per heavy atom. The van der Waals surface area contributed by atoms with E-state index in [1.54, 1.807) is 6.07 Å². The predicted molar refractivity (Wildman–Crippen MR) is 100 cm³/mol. The Bertz CT molecular complexity index is 992. The van der Waals surface area contributed by atoms with Crippen LogP contribution in [0.2, 0.25) is 0 Å². The van der Waals surface area contributed by atoms with Gasteiger partial charge in [-0.2, -0.15) is 13.9 Å². The van der Waals surface area contributed by atoms with Crippen LogP contribution in [0.15, 0.2) is 58.5 Å². The van der Waals surface area contributed by atoms with Crippen LogP contribution in [0.5, 0.6) is 5.75 Å². The van der Waals surface area contributed by atoms with Gasteiger partial charge in [0.1, 0.15) is 5.75 Å². The number of rotatable bonds is 7. The summed E-state index contributed by atoms with van der Waals surface area (Å²) in [6, 6.07) is 11.5. The molecule has 28 heavy (non-hydrogen) atoms. The molecule has 0 aliphatic carbocycles. The molecule has 7 nitrogen and oxygen atoms in total. The number of nitrogens with one attached hydrogen (secondary N) is 1. The molecular weight excluding hydrogens is 392 g/mol. The van der Waals surface area contributed by atoms with E-state index in [0.717, 1.165) is 4.31 Å². The van der Waals surface area contributed by atoms with Crippen molar-refractivity contribution < 1.29 is 26.7 Å². The van der Waals surface area contributed by atoms with Gasteiger partial charge in [-0.25, -0.2) is 18.1 Å². The van der Waals surface area contributed by atoms with Gasteiger partial charge in [0.2, 0.25) is 10.0 Å². The molecule has 1 N–H and O–H groups in total. The van der Waals surface area contributed by atoms with Gasteiger partial charge in [0.15, 0.2) is 0 Å². The summed E-state index contributed by atoms with van der Waals surface area (Å²) in [5.41, 5.74) is 2.89. The number of carbonyl (C=O) groups excluding carboxylic acids is 1. The van der Waals surface area contributed by atoms with Gasteiger partial charge in [0.25, 0.3) is 5.91 Å². The summed E-state index contributed by atoms with van der Waals surface area (Å²) in [7, 11) is -0.927. The number of hydrazone groups is 1. The maximum absolute atomic E-state index is 12.5. The van der Waals surface area contributed by atoms with Crippen molar-refractivity contribution in [2.75, 3.05) is 14.1 Å². The van der Waals surface area contributed by atoms with Crippen molar-refractivity contribution in [2.24, 2.45) is 5.10 Å². The maximum Gasteiger partial charge on any atom is 0.387 e. The third-order valence-corrected chi connectivity index (χ3v) is 5.50. The van der Waals surface area contributed by atoms with Gasteiger partial charge >= 0.3 is 6.61 Å². The first-order chi connectivity index (χ1) is 13.1. The molecule has 150 valence electrons. The molecule has 0 spiro atoms. The Hall–Kier alpha value is -2.85. The second-order valence-electron chi connectivity index (χ2n) is 5.83. The molecule has 0 aliphatic rings. The number of sulfonamides is 1. The molecule has 0 radical (unpaired) electrons. The van der Waals surface area contributed by atoms with Gasteiger partial charge in [-0.05, 0) is 37.3 Å². The summed E-state index contributed by atoms with van der Waals surface area (Å²) in [5, 5.41) is 3.90. The van der Waals surface area contributed by atoms with Crippen molar-refractivity contribution in [1.82, 2.24) is 9.73 Å². The molecule has 0 unspecified atom stereocenters. The number of nitrogens with zero attached hydrogens (tertiary/aromatic N) is 2. The molecule has 0 atom stereocenters. The fourth-order valence-corrected chi connectivity index (χ4v) is 3.18. The van der Waals surface area contributed by atoms with Gasteiger partial charge in [-0.15, -0.1) is 0 Å². The molecule has 2 rings (SSSR count). The Balaban J connectivity index is 2.23. The van der Waals surface area contributed by atoms with E-state index < -0.39 is 22.5 Å². The van der Waals surface area contributed by atoms with Crippen LogP contribution >= 0.6 is 0 Å². The minimum Gasteiger partial charge on any atom is -0.434 e. The first-order valence-electron chi connectivity index (χ1n) is 8.04. The number of hydrogen-bond acceptors (Lipinski definition) is 5. The minimum atomic E-state index is -3.69. The largest absolute Gasteiger partial charge is 0.434 e. The van der Waals surface area contributed by atoms with E-state index >= 15 is 0 Å². The number of ether oxygens (including phenoxy) is 1. The smallest absolute Gasteiger partial charge is 0.387 e. The van der Waals surface area contributed by atoms with Crippen molar-refractivity contribution in [2.45, 2.75) is 18.4 Å². The highest BCUT2D eigenvalue weighted by Gasteiger charge is 2.19. The van der Waals surface area contributed by atoms with E-state index in [1.165, 1.54) is 63.5 Å². The summed E-state index contributed by atoms with van der Waals surface area (Å²) in [6.45, 7) is -1.48. The number of halogens is 2. The van der Waals surface area contributed by atoms with E-state index in [4.69, 9.17) is 0 Å². The van der Waals surface area contributed by atoms with Crippen LogP contribution < -0.4 is 10.2 Å². The Morgan fingerprint density at radius 1 is 1.14 bits per heavy atom. The number of hydrogen-bond donors (Lipinski definition) is 1. The average Bonchev–Trinajstić information content (AvgIpc) is 2.65. The molecule has 0 fully saturated rings. The predicted octanol–water partition coefficient (Wildman–Crippen LogP) is 2.69. The van der Waals surface area contributed by atoms with Gasteiger partial charge in [0.05, 0.1) is 10.6 Å². The fourth-order valence-electron chi connectivity index (χ4n) is 2.23. The molecule has 0 saturated carbocycles. The highest BCUT2D eigenvalue weighted by atomic mass is 32.2. The molecule has 2 aromatic rings. The number of para-hydroxylation sites is 1. The Labute approximate surface area is 161 Å². The van der Waals surface area contributed by atoms with Gasteiger partial charge in [-0.3, -0.25) is 4.79 Å². The van der Waals surface area contributed by atoms with Crippen LogP contribution in [-0.2, 0) is 10.0 Å². The van der Waals surface area contributed by atoms with Crippen molar-refractivity contribution in [1.29, 1.82) is 0 Å². The van der Waals surface area contributed by atoms with Crippen LogP contribution in [0.3, 0.4) is 0 Å². The zero-order valence-corrected chi connectivity index (χ0v) is 16.2. The topological polar surface area (TPSA) is 88.1 Å². The normalized spacial score (nSPS) is 12.3. The first-order valence-corrected chi connectivity index (χ1v) is 9.48. The van der Waals surface area contributed by atoms with Crippen molar-refractivity contribution in [3.05, 3.63) is 59.7 Å². The van der Waals surface area contributed by atoms with Crippen molar-refractivity contribution in [3.63, 3.8) is 0 Å². The third-order valence-electron chi connectivity index (χ3n) is 3.69. The van der Waals surface area contributed by atoms with E-state index in [1.807, 2.05) is 0 Å². The highest BCUT2D eigenvalue weighted by molar-refractivity contribution is 7.89. The van der Waals surface area contributed by atoms with Crippen molar-refractivity contribution in [3.8, 4) is 5.75 Å². The van der Waals surface area contributed by atoms with Crippen LogP contribution in [0.1, 0.15) is 22.8 Å². The lowest BCUT2D eigenvalue weighted by molar-refractivity contribution is -0.0499. The van der Waals surface area contributed by atoms with Crippen LogP contribution in [0.4, 0.5) is 8.78 Å². The standard InChI is InChI=1S/C18H19F2N3O4S/c1-12(15-9-4-5-10-16(15)27-18(19)20)21-22-17(24)13-7-6-8-14(11-13)28(25,26)23(2)3/h4-11,18H,1-3H3,(H,22,24)/b21-12-. The zero-order chi connectivity index (χ0) is 20.9. The molecule has 0 aliphatic heterocycles. The lowest BCUT2D eigenvalue weighted by Gasteiger charge is -2.12. The second kappa shape index (κ2) is 8.89. The average molecular weight is 411 g/mol. The molecule has 10 heteroatoms. The summed E-state index contributed by atoms with van der Waals surface area (Å²) < 4.78 is 54.8. The van der Waals surface area contributed by atoms with Crippen LogP contribution in [0.25, 0.3) is 0 Å². The molecule has 0 saturated heterocycles. The molecule has 0 heterocycles. The van der Waals surface area contributed by atoms with E-state index in [0.29, 0.717) is 0 Å². The van der Waals surface area contributed by atoms with Crippen LogP contribution in [0, 0.1) is 0 Å². The zero-order valence-electron chi connectivity index (χ0n) is 15.4. The third kappa shape index (κ3) is 5.11. The minimum absolute atomic E-state index is 0.0402. The van der Waals surface area contributed by atoms with E-state index in [2.05, 4.69) is 15.3 Å². The fraction of sp³-hybridized carbons (Fsp3) is 0.222. The SMILES string of the molecule is C/C(=N/NC(=O)c1cccc(S(=O)(=O)N(C)C)c1)c1ccccc1OC(F)F. The Kier molecular flexibility index (Phi) is 6.81. The molecule has 0 aromatic heterocycles. The summed E-state index contributed by atoms with van der Waals surface area (Å²) in [6.07, 6.45) is 0. The van der Waals surface area contributed by atoms with Gasteiger partial charge < -0.3 is 4.74 Å². The number of amides is 1. The molecular formula is C18H19F2N3O4S. The molecule has 0 bridgehead atoms. The monoisotopic (exact) mass is 411 g/mol. The number of alkyl halides is 2. The summed E-state index contributed by atoms with van der Waals surface area (Å²) in [4.78, 5) is 12.3. The lowest BCUT2D eigenvalue weighted by atomic mass is 10.1. The maximum atomic E-state index is 12.5.